The summed E-state index contributed by atoms with van der Waals surface area (Å²) in [6.07, 6.45) is 4.23. The van der Waals surface area contributed by atoms with Crippen molar-refractivity contribution in [2.45, 2.75) is 64.8 Å². The molecule has 6 nitrogen and oxygen atoms in total. The summed E-state index contributed by atoms with van der Waals surface area (Å²) in [6, 6.07) is -0.312. The van der Waals surface area contributed by atoms with E-state index >= 15 is 0 Å². The zero-order valence-corrected chi connectivity index (χ0v) is 12.9. The van der Waals surface area contributed by atoms with E-state index in [0.29, 0.717) is 24.7 Å². The van der Waals surface area contributed by atoms with Gasteiger partial charge in [-0.15, -0.1) is 0 Å². The van der Waals surface area contributed by atoms with Gasteiger partial charge in [-0.2, -0.15) is 0 Å². The molecule has 0 saturated heterocycles. The number of carboxylic acid groups (broad SMARTS) is 1. The predicted octanol–water partition coefficient (Wildman–Crippen LogP) is 2.28. The van der Waals surface area contributed by atoms with Crippen LogP contribution in [-0.4, -0.2) is 29.1 Å². The van der Waals surface area contributed by atoms with Crippen LogP contribution in [0.15, 0.2) is 0 Å². The molecule has 6 heteroatoms. The molecule has 0 radical (unpaired) electrons. The fourth-order valence-electron chi connectivity index (χ4n) is 3.04. The van der Waals surface area contributed by atoms with Crippen molar-refractivity contribution in [1.82, 2.24) is 10.6 Å². The lowest BCUT2D eigenvalue weighted by molar-refractivity contribution is -0.137. The maximum absolute atomic E-state index is 11.7. The number of hydrogen-bond donors (Lipinski definition) is 3. The van der Waals surface area contributed by atoms with Crippen molar-refractivity contribution < 1.29 is 19.5 Å². The van der Waals surface area contributed by atoms with E-state index in [1.54, 1.807) is 0 Å². The Kier molecular flexibility index (Phi) is 7.19. The van der Waals surface area contributed by atoms with Crippen molar-refractivity contribution in [2.75, 3.05) is 0 Å². The molecule has 0 aromatic heterocycles. The Labute approximate surface area is 125 Å². The summed E-state index contributed by atoms with van der Waals surface area (Å²) in [4.78, 5) is 33.6. The highest BCUT2D eigenvalue weighted by atomic mass is 16.4. The number of rotatable bonds is 6. The molecule has 2 unspecified atom stereocenters. The van der Waals surface area contributed by atoms with Crippen molar-refractivity contribution in [3.63, 3.8) is 0 Å². The highest BCUT2D eigenvalue weighted by molar-refractivity contribution is 5.94. The highest BCUT2D eigenvalue weighted by Gasteiger charge is 2.25. The Balaban J connectivity index is 2.20. The Morgan fingerprint density at radius 1 is 1.00 bits per heavy atom. The van der Waals surface area contributed by atoms with Crippen LogP contribution in [0, 0.1) is 11.8 Å². The fraction of sp³-hybridized carbons (Fsp3) is 0.800. The van der Waals surface area contributed by atoms with Crippen LogP contribution in [0.25, 0.3) is 0 Å². The van der Waals surface area contributed by atoms with Gasteiger partial charge in [0.2, 0.25) is 5.91 Å². The van der Waals surface area contributed by atoms with Gasteiger partial charge < -0.3 is 10.4 Å². The van der Waals surface area contributed by atoms with E-state index in [4.69, 9.17) is 5.11 Å². The lowest BCUT2D eigenvalue weighted by Gasteiger charge is -2.31. The zero-order chi connectivity index (χ0) is 15.8. The number of aliphatic carboxylic acids is 1. The maximum atomic E-state index is 11.7. The number of hydrogen-bond acceptors (Lipinski definition) is 3. The number of carboxylic acids is 1. The van der Waals surface area contributed by atoms with Crippen molar-refractivity contribution in [2.24, 2.45) is 11.8 Å². The first-order chi connectivity index (χ1) is 9.86. The van der Waals surface area contributed by atoms with Crippen LogP contribution in [0.3, 0.4) is 0 Å². The zero-order valence-electron chi connectivity index (χ0n) is 12.9. The van der Waals surface area contributed by atoms with Gasteiger partial charge >= 0.3 is 12.0 Å². The maximum Gasteiger partial charge on any atom is 0.321 e. The van der Waals surface area contributed by atoms with Crippen LogP contribution < -0.4 is 10.6 Å². The van der Waals surface area contributed by atoms with E-state index in [1.165, 1.54) is 6.42 Å². The molecule has 21 heavy (non-hydrogen) atoms. The molecule has 3 N–H and O–H groups in total. The lowest BCUT2D eigenvalue weighted by Crippen LogP contribution is -2.46. The van der Waals surface area contributed by atoms with Gasteiger partial charge in [-0.3, -0.25) is 14.9 Å². The first kappa shape index (κ1) is 17.5. The molecule has 1 saturated carbocycles. The molecule has 1 aliphatic carbocycles. The first-order valence-electron chi connectivity index (χ1n) is 7.69. The Morgan fingerprint density at radius 2 is 1.57 bits per heavy atom. The van der Waals surface area contributed by atoms with Gasteiger partial charge in [-0.05, 0) is 43.9 Å². The number of nitrogens with one attached hydrogen (secondary N) is 2. The second kappa shape index (κ2) is 8.64. The van der Waals surface area contributed by atoms with Crippen LogP contribution in [0.4, 0.5) is 4.79 Å². The van der Waals surface area contributed by atoms with Crippen LogP contribution in [0.1, 0.15) is 58.8 Å². The molecule has 0 aromatic rings. The van der Waals surface area contributed by atoms with E-state index < -0.39 is 12.0 Å². The largest absolute Gasteiger partial charge is 0.481 e. The first-order valence-corrected chi connectivity index (χ1v) is 7.69. The second-order valence-electron chi connectivity index (χ2n) is 6.24. The minimum absolute atomic E-state index is 0.0529. The topological polar surface area (TPSA) is 95.5 Å². The quantitative estimate of drug-likeness (QED) is 0.655. The molecule has 0 heterocycles. The molecule has 0 aromatic carbocycles. The lowest BCUT2D eigenvalue weighted by atomic mass is 9.80. The van der Waals surface area contributed by atoms with Gasteiger partial charge in [0.15, 0.2) is 0 Å². The Bertz CT molecular complexity index is 374. The third-order valence-corrected chi connectivity index (χ3v) is 3.81. The summed E-state index contributed by atoms with van der Waals surface area (Å²) in [5, 5.41) is 13.6. The Hall–Kier alpha value is -1.59. The molecule has 2 atom stereocenters. The van der Waals surface area contributed by atoms with Gasteiger partial charge in [0.1, 0.15) is 0 Å². The molecule has 1 rings (SSSR count). The van der Waals surface area contributed by atoms with Gasteiger partial charge in [0.05, 0.1) is 0 Å². The summed E-state index contributed by atoms with van der Waals surface area (Å²) in [7, 11) is 0. The highest BCUT2D eigenvalue weighted by Crippen LogP contribution is 2.28. The van der Waals surface area contributed by atoms with E-state index in [2.05, 4.69) is 24.5 Å². The number of carbonyl (C=O) groups excluding carboxylic acids is 2. The molecule has 3 amide bonds. The minimum Gasteiger partial charge on any atom is -0.481 e. The molecule has 0 aliphatic heterocycles. The standard InChI is InChI=1S/C15H26N2O4/c1-10-7-11(2)9-12(8-10)16-15(21)17-13(18)5-3-4-6-14(19)20/h10-12H,3-9H2,1-2H3,(H,19,20)(H2,16,17,18,21). The third kappa shape index (κ3) is 7.68. The van der Waals surface area contributed by atoms with Crippen molar-refractivity contribution in [3.8, 4) is 0 Å². The normalized spacial score (nSPS) is 25.1. The molecule has 1 fully saturated rings. The van der Waals surface area contributed by atoms with E-state index in [1.807, 2.05) is 0 Å². The molecule has 0 spiro atoms. The molecular weight excluding hydrogens is 272 g/mol. The van der Waals surface area contributed by atoms with Gasteiger partial charge in [0, 0.05) is 18.9 Å². The van der Waals surface area contributed by atoms with E-state index in [9.17, 15) is 14.4 Å². The van der Waals surface area contributed by atoms with Crippen molar-refractivity contribution in [1.29, 1.82) is 0 Å². The number of carbonyl (C=O) groups is 3. The SMILES string of the molecule is CC1CC(C)CC(NC(=O)NC(=O)CCCCC(=O)O)C1. The summed E-state index contributed by atoms with van der Waals surface area (Å²) < 4.78 is 0. The number of unbranched alkanes of at least 4 members (excludes halogenated alkanes) is 1. The average Bonchev–Trinajstić information content (AvgIpc) is 2.32. The number of amides is 3. The number of urea groups is 1. The minimum atomic E-state index is -0.867. The van der Waals surface area contributed by atoms with Gasteiger partial charge in [0.25, 0.3) is 0 Å². The van der Waals surface area contributed by atoms with Crippen LogP contribution in [-0.2, 0) is 9.59 Å². The summed E-state index contributed by atoms with van der Waals surface area (Å²) >= 11 is 0. The summed E-state index contributed by atoms with van der Waals surface area (Å²) in [5.41, 5.74) is 0. The van der Waals surface area contributed by atoms with Crippen LogP contribution in [0.2, 0.25) is 0 Å². The predicted molar refractivity (Wildman–Crippen MR) is 78.7 cm³/mol. The fourth-order valence-corrected chi connectivity index (χ4v) is 3.04. The average molecular weight is 298 g/mol. The van der Waals surface area contributed by atoms with E-state index in [0.717, 1.165) is 12.8 Å². The molecule has 0 bridgehead atoms. The van der Waals surface area contributed by atoms with Crippen LogP contribution >= 0.6 is 0 Å². The van der Waals surface area contributed by atoms with Crippen molar-refractivity contribution >= 4 is 17.9 Å². The second-order valence-corrected chi connectivity index (χ2v) is 6.24. The smallest absolute Gasteiger partial charge is 0.321 e. The third-order valence-electron chi connectivity index (χ3n) is 3.81. The molecule has 120 valence electrons. The Morgan fingerprint density at radius 3 is 2.14 bits per heavy atom. The van der Waals surface area contributed by atoms with Crippen molar-refractivity contribution in [3.05, 3.63) is 0 Å². The molecular formula is C15H26N2O4. The molecule has 1 aliphatic rings. The van der Waals surface area contributed by atoms with Gasteiger partial charge in [-0.1, -0.05) is 13.8 Å². The summed E-state index contributed by atoms with van der Waals surface area (Å²) in [6.45, 7) is 4.35. The number of imide groups is 1. The summed E-state index contributed by atoms with van der Waals surface area (Å²) in [5.74, 6) is -0.0416. The van der Waals surface area contributed by atoms with E-state index in [-0.39, 0.29) is 24.8 Å². The monoisotopic (exact) mass is 298 g/mol. The van der Waals surface area contributed by atoms with Gasteiger partial charge in [-0.25, -0.2) is 4.79 Å². The van der Waals surface area contributed by atoms with Crippen LogP contribution in [0.5, 0.6) is 0 Å².